The third-order valence-electron chi connectivity index (χ3n) is 2.80. The van der Waals surface area contributed by atoms with Gasteiger partial charge in [-0.3, -0.25) is 4.79 Å². The molecule has 5 nitrogen and oxygen atoms in total. The smallest absolute Gasteiger partial charge is 0.315 e. The topological polar surface area (TPSA) is 78.4 Å². The minimum atomic E-state index is -0.927. The number of amides is 2. The molecule has 2 amide bonds. The summed E-state index contributed by atoms with van der Waals surface area (Å²) in [7, 11) is 0. The number of carbonyl (C=O) groups excluding carboxylic acids is 1. The summed E-state index contributed by atoms with van der Waals surface area (Å²) in [4.78, 5) is 22.1. The van der Waals surface area contributed by atoms with E-state index in [-0.39, 0.29) is 18.5 Å². The van der Waals surface area contributed by atoms with Gasteiger partial charge in [0.25, 0.3) is 0 Å². The van der Waals surface area contributed by atoms with Gasteiger partial charge < -0.3 is 15.7 Å². The molecule has 0 aromatic heterocycles. The van der Waals surface area contributed by atoms with Crippen LogP contribution in [0.4, 0.5) is 4.79 Å². The lowest BCUT2D eigenvalue weighted by molar-refractivity contribution is -0.137. The predicted octanol–water partition coefficient (Wildman–Crippen LogP) is 1.91. The van der Waals surface area contributed by atoms with Gasteiger partial charge in [-0.05, 0) is 24.5 Å². The molecule has 1 aromatic carbocycles. The monoisotopic (exact) mass is 264 g/mol. The summed E-state index contributed by atoms with van der Waals surface area (Å²) in [5.74, 6) is -0.927. The predicted molar refractivity (Wildman–Crippen MR) is 72.9 cm³/mol. The first-order chi connectivity index (χ1) is 9.02. The van der Waals surface area contributed by atoms with E-state index in [1.54, 1.807) is 6.92 Å². The summed E-state index contributed by atoms with van der Waals surface area (Å²) in [6.07, 6.45) is 0.827. The first-order valence-corrected chi connectivity index (χ1v) is 6.35. The van der Waals surface area contributed by atoms with Gasteiger partial charge in [-0.25, -0.2) is 4.79 Å². The summed E-state index contributed by atoms with van der Waals surface area (Å²) < 4.78 is 0. The lowest BCUT2D eigenvalue weighted by Crippen LogP contribution is -2.41. The minimum absolute atomic E-state index is 0.0844. The number of carboxylic acids is 1. The first kappa shape index (κ1) is 15.0. The molecule has 0 fully saturated rings. The number of nitrogens with one attached hydrogen (secondary N) is 2. The number of benzene rings is 1. The molecule has 1 unspecified atom stereocenters. The molecule has 0 aliphatic heterocycles. The molecule has 19 heavy (non-hydrogen) atoms. The molecule has 0 bridgehead atoms. The number of carbonyl (C=O) groups is 2. The second kappa shape index (κ2) is 7.41. The maximum absolute atomic E-state index is 11.6. The average Bonchev–Trinajstić information content (AvgIpc) is 2.35. The van der Waals surface area contributed by atoms with E-state index in [1.165, 1.54) is 5.56 Å². The Morgan fingerprint density at radius 3 is 2.47 bits per heavy atom. The molecule has 0 radical (unpaired) electrons. The number of hydrogen-bond donors (Lipinski definition) is 3. The quantitative estimate of drug-likeness (QED) is 0.734. The van der Waals surface area contributed by atoms with Crippen LogP contribution in [0.3, 0.4) is 0 Å². The number of hydrogen-bond acceptors (Lipinski definition) is 2. The molecule has 1 aromatic rings. The molecular weight excluding hydrogens is 244 g/mol. The second-order valence-corrected chi connectivity index (χ2v) is 4.45. The summed E-state index contributed by atoms with van der Waals surface area (Å²) in [5, 5.41) is 13.9. The second-order valence-electron chi connectivity index (χ2n) is 4.45. The molecule has 1 rings (SSSR count). The Morgan fingerprint density at radius 2 is 1.89 bits per heavy atom. The zero-order valence-electron chi connectivity index (χ0n) is 11.3. The lowest BCUT2D eigenvalue weighted by Gasteiger charge is -2.13. The van der Waals surface area contributed by atoms with Gasteiger partial charge in [0.15, 0.2) is 0 Å². The van der Waals surface area contributed by atoms with E-state index in [0.717, 1.165) is 12.0 Å². The molecule has 0 aliphatic carbocycles. The Balaban J connectivity index is 2.43. The van der Waals surface area contributed by atoms with Crippen molar-refractivity contribution in [2.75, 3.05) is 0 Å². The van der Waals surface area contributed by atoms with Crippen LogP contribution in [-0.4, -0.2) is 23.1 Å². The number of urea groups is 1. The molecular formula is C14H20N2O3. The highest BCUT2D eigenvalue weighted by molar-refractivity contribution is 5.75. The number of aliphatic carboxylic acids is 1. The standard InChI is InChI=1S/C14H20N2O3/c1-3-11-6-4-5-7-12(11)9-15-14(19)16-10(2)8-13(17)18/h4-7,10H,3,8-9H2,1-2H3,(H,17,18)(H2,15,16,19). The van der Waals surface area contributed by atoms with Gasteiger partial charge in [-0.2, -0.15) is 0 Å². The van der Waals surface area contributed by atoms with Crippen molar-refractivity contribution in [2.24, 2.45) is 0 Å². The Bertz CT molecular complexity index is 446. The van der Waals surface area contributed by atoms with E-state index in [0.29, 0.717) is 6.54 Å². The normalized spacial score (nSPS) is 11.7. The Labute approximate surface area is 113 Å². The van der Waals surface area contributed by atoms with Crippen LogP contribution in [0.15, 0.2) is 24.3 Å². The van der Waals surface area contributed by atoms with Crippen molar-refractivity contribution in [3.63, 3.8) is 0 Å². The van der Waals surface area contributed by atoms with Crippen LogP contribution in [0.25, 0.3) is 0 Å². The maximum atomic E-state index is 11.6. The highest BCUT2D eigenvalue weighted by Gasteiger charge is 2.10. The van der Waals surface area contributed by atoms with Crippen molar-refractivity contribution in [1.82, 2.24) is 10.6 Å². The van der Waals surface area contributed by atoms with Crippen LogP contribution < -0.4 is 10.6 Å². The minimum Gasteiger partial charge on any atom is -0.481 e. The fourth-order valence-corrected chi connectivity index (χ4v) is 1.84. The van der Waals surface area contributed by atoms with Gasteiger partial charge in [0.1, 0.15) is 0 Å². The molecule has 0 aliphatic rings. The highest BCUT2D eigenvalue weighted by Crippen LogP contribution is 2.08. The van der Waals surface area contributed by atoms with Gasteiger partial charge >= 0.3 is 12.0 Å². The number of aryl methyl sites for hydroxylation is 1. The van der Waals surface area contributed by atoms with Gasteiger partial charge in [0.2, 0.25) is 0 Å². The molecule has 5 heteroatoms. The van der Waals surface area contributed by atoms with Crippen LogP contribution in [-0.2, 0) is 17.8 Å². The molecule has 3 N–H and O–H groups in total. The summed E-state index contributed by atoms with van der Waals surface area (Å²) in [6.45, 7) is 4.16. The van der Waals surface area contributed by atoms with Crippen LogP contribution in [0, 0.1) is 0 Å². The Kier molecular flexibility index (Phi) is 5.85. The maximum Gasteiger partial charge on any atom is 0.315 e. The van der Waals surface area contributed by atoms with Crippen LogP contribution in [0.2, 0.25) is 0 Å². The molecule has 0 saturated heterocycles. The van der Waals surface area contributed by atoms with Gasteiger partial charge in [0.05, 0.1) is 6.42 Å². The van der Waals surface area contributed by atoms with E-state index in [1.807, 2.05) is 24.3 Å². The fourth-order valence-electron chi connectivity index (χ4n) is 1.84. The molecule has 0 spiro atoms. The first-order valence-electron chi connectivity index (χ1n) is 6.35. The third-order valence-corrected chi connectivity index (χ3v) is 2.80. The molecule has 1 atom stereocenters. The van der Waals surface area contributed by atoms with Crippen LogP contribution in [0.1, 0.15) is 31.4 Å². The zero-order valence-corrected chi connectivity index (χ0v) is 11.3. The Hall–Kier alpha value is -2.04. The van der Waals surface area contributed by atoms with Crippen LogP contribution >= 0.6 is 0 Å². The van der Waals surface area contributed by atoms with E-state index in [4.69, 9.17) is 5.11 Å². The van der Waals surface area contributed by atoms with Gasteiger partial charge in [-0.15, -0.1) is 0 Å². The lowest BCUT2D eigenvalue weighted by atomic mass is 10.1. The zero-order chi connectivity index (χ0) is 14.3. The highest BCUT2D eigenvalue weighted by atomic mass is 16.4. The van der Waals surface area contributed by atoms with Crippen molar-refractivity contribution in [3.8, 4) is 0 Å². The fraction of sp³-hybridized carbons (Fsp3) is 0.429. The van der Waals surface area contributed by atoms with Crippen molar-refractivity contribution < 1.29 is 14.7 Å². The third kappa shape index (κ3) is 5.42. The van der Waals surface area contributed by atoms with Crippen molar-refractivity contribution >= 4 is 12.0 Å². The van der Waals surface area contributed by atoms with Gasteiger partial charge in [0, 0.05) is 12.6 Å². The van der Waals surface area contributed by atoms with Crippen molar-refractivity contribution in [2.45, 2.75) is 39.3 Å². The van der Waals surface area contributed by atoms with E-state index >= 15 is 0 Å². The van der Waals surface area contributed by atoms with E-state index < -0.39 is 5.97 Å². The van der Waals surface area contributed by atoms with Crippen LogP contribution in [0.5, 0.6) is 0 Å². The SMILES string of the molecule is CCc1ccccc1CNC(=O)NC(C)CC(=O)O. The molecule has 0 heterocycles. The summed E-state index contributed by atoms with van der Waals surface area (Å²) >= 11 is 0. The molecule has 104 valence electrons. The number of carboxylic acid groups (broad SMARTS) is 1. The summed E-state index contributed by atoms with van der Waals surface area (Å²) in [5.41, 5.74) is 2.27. The van der Waals surface area contributed by atoms with Crippen molar-refractivity contribution in [1.29, 1.82) is 0 Å². The Morgan fingerprint density at radius 1 is 1.26 bits per heavy atom. The largest absolute Gasteiger partial charge is 0.481 e. The molecule has 0 saturated carbocycles. The number of rotatable bonds is 6. The van der Waals surface area contributed by atoms with Gasteiger partial charge in [-0.1, -0.05) is 31.2 Å². The average molecular weight is 264 g/mol. The van der Waals surface area contributed by atoms with E-state index in [2.05, 4.69) is 17.6 Å². The van der Waals surface area contributed by atoms with Crippen molar-refractivity contribution in [3.05, 3.63) is 35.4 Å². The van der Waals surface area contributed by atoms with E-state index in [9.17, 15) is 9.59 Å². The summed E-state index contributed by atoms with van der Waals surface area (Å²) in [6, 6.07) is 7.17.